The topological polar surface area (TPSA) is 110 Å². The van der Waals surface area contributed by atoms with Gasteiger partial charge in [0.2, 0.25) is 11.9 Å². The third kappa shape index (κ3) is 4.62. The summed E-state index contributed by atoms with van der Waals surface area (Å²) in [5, 5.41) is 12.0. The molecule has 1 aromatic carbocycles. The number of nitrogens with one attached hydrogen (secondary N) is 2. The van der Waals surface area contributed by atoms with E-state index >= 15 is 0 Å². The molecule has 3 aliphatic heterocycles. The molecule has 0 radical (unpaired) electrons. The van der Waals surface area contributed by atoms with Crippen molar-refractivity contribution in [1.82, 2.24) is 30.0 Å². The molecule has 1 saturated carbocycles. The highest BCUT2D eigenvalue weighted by Crippen LogP contribution is 2.46. The number of hydrogen-bond donors (Lipinski definition) is 3. The van der Waals surface area contributed by atoms with Crippen LogP contribution >= 0.6 is 0 Å². The first kappa shape index (κ1) is 24.8. The smallest absolute Gasteiger partial charge is 0.248 e. The van der Waals surface area contributed by atoms with Crippen molar-refractivity contribution in [2.45, 2.75) is 75.8 Å². The molecule has 210 valence electrons. The van der Waals surface area contributed by atoms with Crippen molar-refractivity contribution in [3.05, 3.63) is 65.6 Å². The number of nitrogens with zero attached hydrogens (tertiary/aromatic N) is 6. The zero-order chi connectivity index (χ0) is 27.3. The molecule has 41 heavy (non-hydrogen) atoms. The lowest BCUT2D eigenvalue weighted by Crippen LogP contribution is -2.40. The Balaban J connectivity index is 1.08. The highest BCUT2D eigenvalue weighted by molar-refractivity contribution is 5.83. The first-order valence-corrected chi connectivity index (χ1v) is 15.3. The van der Waals surface area contributed by atoms with Crippen LogP contribution in [-0.4, -0.2) is 49.9 Å². The second-order valence-corrected chi connectivity index (χ2v) is 12.1. The lowest BCUT2D eigenvalue weighted by Gasteiger charge is -2.42. The number of pyridine rings is 2. The second kappa shape index (κ2) is 10.1. The van der Waals surface area contributed by atoms with Gasteiger partial charge in [0, 0.05) is 42.3 Å². The fourth-order valence-corrected chi connectivity index (χ4v) is 7.41. The fraction of sp³-hybridized carbons (Fsp3) is 0.438. The van der Waals surface area contributed by atoms with Gasteiger partial charge >= 0.3 is 0 Å². The molecule has 1 saturated heterocycles. The number of benzene rings is 1. The average Bonchev–Trinajstić information content (AvgIpc) is 3.66. The molecule has 9 nitrogen and oxygen atoms in total. The van der Waals surface area contributed by atoms with Crippen LogP contribution in [0.2, 0.25) is 0 Å². The third-order valence-electron chi connectivity index (χ3n) is 9.48. The van der Waals surface area contributed by atoms with E-state index in [1.54, 1.807) is 4.68 Å². The zero-order valence-electron chi connectivity index (χ0n) is 23.4. The van der Waals surface area contributed by atoms with Crippen LogP contribution < -0.4 is 21.3 Å². The van der Waals surface area contributed by atoms with E-state index in [0.29, 0.717) is 35.7 Å². The second-order valence-electron chi connectivity index (χ2n) is 12.1. The van der Waals surface area contributed by atoms with Crippen molar-refractivity contribution in [2.24, 2.45) is 0 Å². The molecule has 3 aromatic heterocycles. The SMILES string of the molecule is Nc1nc(Nc2cnc3c(c2)CC(NC2CCCC2)CC3)nn1-c1cc(-c2ccccc2)c2c(n1)C1CCN2CC1. The summed E-state index contributed by atoms with van der Waals surface area (Å²) in [4.78, 5) is 17.0. The van der Waals surface area contributed by atoms with E-state index in [1.165, 1.54) is 53.8 Å². The standard InChI is InChI=1S/C32H37N9/c33-31-38-32(36-25-17-22-16-24(10-11-27(22)34-19-25)35-23-8-4-5-9-23)39-41(31)28-18-26(20-6-2-1-3-7-20)30-29(37-28)21-12-14-40(30)15-13-21/h1-3,6-7,17-19,21,23-24,35H,4-5,8-16H2,(H3,33,36,38,39). The molecule has 6 heterocycles. The summed E-state index contributed by atoms with van der Waals surface area (Å²) in [6.07, 6.45) is 12.7. The van der Waals surface area contributed by atoms with E-state index in [4.69, 9.17) is 20.8 Å². The average molecular weight is 548 g/mol. The van der Waals surface area contributed by atoms with Crippen LogP contribution in [0.1, 0.15) is 67.8 Å². The number of rotatable bonds is 6. The normalized spacial score (nSPS) is 20.3. The maximum atomic E-state index is 6.45. The van der Waals surface area contributed by atoms with Gasteiger partial charge in [0.15, 0.2) is 5.82 Å². The number of anilines is 4. The van der Waals surface area contributed by atoms with Gasteiger partial charge < -0.3 is 21.3 Å². The molecule has 2 bridgehead atoms. The highest BCUT2D eigenvalue weighted by atomic mass is 15.4. The Morgan fingerprint density at radius 2 is 1.73 bits per heavy atom. The van der Waals surface area contributed by atoms with Gasteiger partial charge in [-0.15, -0.1) is 5.10 Å². The van der Waals surface area contributed by atoms with Crippen LogP contribution in [0.25, 0.3) is 16.9 Å². The van der Waals surface area contributed by atoms with Gasteiger partial charge in [-0.1, -0.05) is 43.2 Å². The minimum atomic E-state index is 0.312. The van der Waals surface area contributed by atoms with E-state index in [-0.39, 0.29) is 0 Å². The first-order chi connectivity index (χ1) is 20.2. The lowest BCUT2D eigenvalue weighted by atomic mass is 9.84. The van der Waals surface area contributed by atoms with E-state index in [2.05, 4.69) is 63.0 Å². The van der Waals surface area contributed by atoms with Crippen LogP contribution in [0.3, 0.4) is 0 Å². The number of hydrogen-bond acceptors (Lipinski definition) is 8. The quantitative estimate of drug-likeness (QED) is 0.305. The van der Waals surface area contributed by atoms with Gasteiger partial charge in [0.05, 0.1) is 23.3 Å². The highest BCUT2D eigenvalue weighted by Gasteiger charge is 2.35. The molecule has 0 spiro atoms. The molecule has 4 N–H and O–H groups in total. The minimum absolute atomic E-state index is 0.312. The van der Waals surface area contributed by atoms with Crippen LogP contribution in [-0.2, 0) is 12.8 Å². The van der Waals surface area contributed by atoms with E-state index < -0.39 is 0 Å². The summed E-state index contributed by atoms with van der Waals surface area (Å²) < 4.78 is 1.67. The molecule has 1 unspecified atom stereocenters. The summed E-state index contributed by atoms with van der Waals surface area (Å²) in [6.45, 7) is 2.18. The van der Waals surface area contributed by atoms with E-state index in [9.17, 15) is 0 Å². The van der Waals surface area contributed by atoms with Gasteiger partial charge in [-0.25, -0.2) is 4.98 Å². The summed E-state index contributed by atoms with van der Waals surface area (Å²) in [5.41, 5.74) is 14.6. The number of aromatic nitrogens is 5. The van der Waals surface area contributed by atoms with Crippen molar-refractivity contribution in [3.63, 3.8) is 0 Å². The maximum Gasteiger partial charge on any atom is 0.248 e. The maximum absolute atomic E-state index is 6.45. The van der Waals surface area contributed by atoms with Gasteiger partial charge in [0.1, 0.15) is 0 Å². The number of nitrogen functional groups attached to an aromatic ring is 1. The number of piperidine rings is 1. The van der Waals surface area contributed by atoms with Crippen LogP contribution in [0, 0.1) is 0 Å². The Hall–Kier alpha value is -3.98. The molecule has 2 aliphatic carbocycles. The summed E-state index contributed by atoms with van der Waals surface area (Å²) in [7, 11) is 0. The largest absolute Gasteiger partial charge is 0.370 e. The van der Waals surface area contributed by atoms with Crippen molar-refractivity contribution in [3.8, 4) is 16.9 Å². The van der Waals surface area contributed by atoms with Crippen LogP contribution in [0.4, 0.5) is 23.3 Å². The van der Waals surface area contributed by atoms with E-state index in [0.717, 1.165) is 56.6 Å². The third-order valence-corrected chi connectivity index (χ3v) is 9.48. The monoisotopic (exact) mass is 547 g/mol. The number of aryl methyl sites for hydroxylation is 1. The minimum Gasteiger partial charge on any atom is -0.370 e. The first-order valence-electron chi connectivity index (χ1n) is 15.3. The number of fused-ring (bicyclic) bond motifs is 3. The number of nitrogens with two attached hydrogens (primary N) is 1. The molecule has 1 atom stereocenters. The summed E-state index contributed by atoms with van der Waals surface area (Å²) in [6, 6.07) is 16.1. The van der Waals surface area contributed by atoms with Gasteiger partial charge in [-0.3, -0.25) is 4.98 Å². The zero-order valence-corrected chi connectivity index (χ0v) is 23.4. The Morgan fingerprint density at radius 1 is 0.902 bits per heavy atom. The predicted octanol–water partition coefficient (Wildman–Crippen LogP) is 5.14. The van der Waals surface area contributed by atoms with Crippen LogP contribution in [0.15, 0.2) is 48.7 Å². The van der Waals surface area contributed by atoms with Crippen molar-refractivity contribution in [2.75, 3.05) is 29.0 Å². The Labute approximate surface area is 240 Å². The molecule has 2 fully saturated rings. The Kier molecular flexibility index (Phi) is 6.13. The Morgan fingerprint density at radius 3 is 2.56 bits per heavy atom. The van der Waals surface area contributed by atoms with Crippen molar-refractivity contribution >= 4 is 23.3 Å². The fourth-order valence-electron chi connectivity index (χ4n) is 7.41. The molecule has 5 aliphatic rings. The molecule has 0 amide bonds. The van der Waals surface area contributed by atoms with Crippen molar-refractivity contribution in [1.29, 1.82) is 0 Å². The molecule has 9 heteroatoms. The molecule has 4 aromatic rings. The predicted molar refractivity (Wildman–Crippen MR) is 162 cm³/mol. The molecular formula is C32H37N9. The van der Waals surface area contributed by atoms with Crippen molar-refractivity contribution < 1.29 is 0 Å². The molecule has 9 rings (SSSR count). The summed E-state index contributed by atoms with van der Waals surface area (Å²) in [5.74, 6) is 1.94. The lowest BCUT2D eigenvalue weighted by molar-refractivity contribution is 0.393. The Bertz CT molecular complexity index is 1570. The van der Waals surface area contributed by atoms with Gasteiger partial charge in [-0.2, -0.15) is 9.67 Å². The van der Waals surface area contributed by atoms with Gasteiger partial charge in [-0.05, 0) is 68.2 Å². The van der Waals surface area contributed by atoms with E-state index in [1.807, 2.05) is 6.20 Å². The molecular weight excluding hydrogens is 510 g/mol. The van der Waals surface area contributed by atoms with Gasteiger partial charge in [0.25, 0.3) is 0 Å². The summed E-state index contributed by atoms with van der Waals surface area (Å²) >= 11 is 0. The van der Waals surface area contributed by atoms with Crippen LogP contribution in [0.5, 0.6) is 0 Å².